The van der Waals surface area contributed by atoms with E-state index in [1.807, 2.05) is 29.3 Å². The van der Waals surface area contributed by atoms with Crippen molar-refractivity contribution in [2.24, 2.45) is 7.05 Å². The number of nitrogens with zero attached hydrogens (tertiary/aromatic N) is 7. The number of aryl methyl sites for hydroxylation is 1. The first-order valence-corrected chi connectivity index (χ1v) is 12.4. The topological polar surface area (TPSA) is 62.6 Å². The molecule has 0 spiro atoms. The van der Waals surface area contributed by atoms with E-state index in [1.165, 1.54) is 9.58 Å². The molecule has 2 aliphatic heterocycles. The van der Waals surface area contributed by atoms with Crippen molar-refractivity contribution in [3.8, 4) is 11.4 Å². The van der Waals surface area contributed by atoms with Gasteiger partial charge in [-0.3, -0.25) is 9.58 Å². The molecule has 0 atom stereocenters. The summed E-state index contributed by atoms with van der Waals surface area (Å²) in [5, 5.41) is 5.54. The number of rotatable bonds is 4. The van der Waals surface area contributed by atoms with Crippen LogP contribution in [-0.4, -0.2) is 89.1 Å². The molecule has 0 unspecified atom stereocenters. The molecule has 33 heavy (non-hydrogen) atoms. The molecule has 1 aromatic carbocycles. The first-order valence-electron chi connectivity index (χ1n) is 11.6. The van der Waals surface area contributed by atoms with Gasteiger partial charge in [0.2, 0.25) is 0 Å². The summed E-state index contributed by atoms with van der Waals surface area (Å²) >= 11 is 1.84. The van der Waals surface area contributed by atoms with Crippen molar-refractivity contribution in [1.29, 1.82) is 0 Å². The molecule has 8 nitrogen and oxygen atoms in total. The summed E-state index contributed by atoms with van der Waals surface area (Å²) in [5.74, 6) is 1.81. The molecular weight excluding hydrogens is 434 g/mol. The van der Waals surface area contributed by atoms with Crippen LogP contribution in [0.3, 0.4) is 0 Å². The number of anilines is 1. The highest BCUT2D eigenvalue weighted by Gasteiger charge is 2.22. The second-order valence-electron chi connectivity index (χ2n) is 8.98. The Kier molecular flexibility index (Phi) is 5.49. The molecular formula is C24H29N7OS. The van der Waals surface area contributed by atoms with Gasteiger partial charge in [-0.1, -0.05) is 12.1 Å². The summed E-state index contributed by atoms with van der Waals surface area (Å²) < 4.78 is 8.70. The van der Waals surface area contributed by atoms with Crippen molar-refractivity contribution < 1.29 is 4.74 Å². The molecule has 172 valence electrons. The largest absolute Gasteiger partial charge is 0.378 e. The van der Waals surface area contributed by atoms with Crippen LogP contribution < -0.4 is 4.90 Å². The summed E-state index contributed by atoms with van der Waals surface area (Å²) in [7, 11) is 4.17. The molecule has 0 amide bonds. The second kappa shape index (κ2) is 8.64. The van der Waals surface area contributed by atoms with E-state index in [-0.39, 0.29) is 0 Å². The Labute approximate surface area is 197 Å². The first-order chi connectivity index (χ1) is 16.2. The number of hydrogen-bond acceptors (Lipinski definition) is 8. The molecule has 0 radical (unpaired) electrons. The number of piperazine rings is 1. The predicted octanol–water partition coefficient (Wildman–Crippen LogP) is 2.83. The van der Waals surface area contributed by atoms with Crippen LogP contribution in [0.25, 0.3) is 32.5 Å². The SMILES string of the molecule is CN1CCN(Cc2cc3nc(-c4cccc5c4cnn5C)nc(N4CCOCC4)c3s2)CC1. The van der Waals surface area contributed by atoms with E-state index in [4.69, 9.17) is 14.7 Å². The molecule has 3 aromatic heterocycles. The Hall–Kier alpha value is -2.59. The minimum atomic E-state index is 0.735. The normalized spacial score (nSPS) is 18.5. The predicted molar refractivity (Wildman–Crippen MR) is 133 cm³/mol. The van der Waals surface area contributed by atoms with E-state index in [0.29, 0.717) is 0 Å². The van der Waals surface area contributed by atoms with Gasteiger partial charge in [-0.15, -0.1) is 11.3 Å². The van der Waals surface area contributed by atoms with Gasteiger partial charge in [0.15, 0.2) is 11.6 Å². The number of likely N-dealkylation sites (N-methyl/N-ethyl adjacent to an activating group) is 1. The van der Waals surface area contributed by atoms with Crippen LogP contribution in [0.2, 0.25) is 0 Å². The van der Waals surface area contributed by atoms with Gasteiger partial charge < -0.3 is 14.5 Å². The van der Waals surface area contributed by atoms with Gasteiger partial charge in [-0.25, -0.2) is 9.97 Å². The zero-order chi connectivity index (χ0) is 22.4. The van der Waals surface area contributed by atoms with Gasteiger partial charge >= 0.3 is 0 Å². The van der Waals surface area contributed by atoms with E-state index in [2.05, 4.69) is 51.1 Å². The highest BCUT2D eigenvalue weighted by molar-refractivity contribution is 7.19. The lowest BCUT2D eigenvalue weighted by Gasteiger charge is -2.31. The van der Waals surface area contributed by atoms with Gasteiger partial charge in [-0.2, -0.15) is 5.10 Å². The van der Waals surface area contributed by atoms with Crippen LogP contribution in [0.1, 0.15) is 4.88 Å². The zero-order valence-corrected chi connectivity index (χ0v) is 20.0. The van der Waals surface area contributed by atoms with Gasteiger partial charge in [0.25, 0.3) is 0 Å². The van der Waals surface area contributed by atoms with Crippen molar-refractivity contribution in [1.82, 2.24) is 29.5 Å². The van der Waals surface area contributed by atoms with E-state index < -0.39 is 0 Å². The Balaban J connectivity index is 1.44. The maximum Gasteiger partial charge on any atom is 0.162 e. The molecule has 2 saturated heterocycles. The van der Waals surface area contributed by atoms with Crippen molar-refractivity contribution in [3.63, 3.8) is 0 Å². The third-order valence-corrected chi connectivity index (χ3v) is 7.83. The van der Waals surface area contributed by atoms with Crippen molar-refractivity contribution in [2.45, 2.75) is 6.54 Å². The highest BCUT2D eigenvalue weighted by atomic mass is 32.1. The molecule has 6 rings (SSSR count). The Morgan fingerprint density at radius 2 is 1.82 bits per heavy atom. The van der Waals surface area contributed by atoms with Gasteiger partial charge in [0.05, 0.1) is 35.1 Å². The lowest BCUT2D eigenvalue weighted by molar-refractivity contribution is 0.122. The zero-order valence-electron chi connectivity index (χ0n) is 19.2. The van der Waals surface area contributed by atoms with E-state index in [0.717, 1.165) is 92.7 Å². The number of ether oxygens (including phenoxy) is 1. The molecule has 0 saturated carbocycles. The Bertz CT molecular complexity index is 1280. The second-order valence-corrected chi connectivity index (χ2v) is 10.1. The molecule has 0 bridgehead atoms. The monoisotopic (exact) mass is 463 g/mol. The smallest absolute Gasteiger partial charge is 0.162 e. The minimum Gasteiger partial charge on any atom is -0.378 e. The standard InChI is InChI=1S/C24H29N7OS/c1-28-6-8-30(9-7-28)16-17-14-20-22(33-17)24(31-10-12-32-13-11-31)27-23(26-20)18-4-3-5-21-19(18)15-25-29(21)2/h3-5,14-15H,6-13,16H2,1-2H3. The summed E-state index contributed by atoms with van der Waals surface area (Å²) in [6.45, 7) is 8.64. The third-order valence-electron chi connectivity index (χ3n) is 6.72. The van der Waals surface area contributed by atoms with Crippen LogP contribution in [0, 0.1) is 0 Å². The number of hydrogen-bond donors (Lipinski definition) is 0. The highest BCUT2D eigenvalue weighted by Crippen LogP contribution is 2.36. The molecule has 0 N–H and O–H groups in total. The van der Waals surface area contributed by atoms with Crippen LogP contribution in [0.5, 0.6) is 0 Å². The fourth-order valence-corrected chi connectivity index (χ4v) is 5.91. The molecule has 2 fully saturated rings. The fraction of sp³-hybridized carbons (Fsp3) is 0.458. The summed E-state index contributed by atoms with van der Waals surface area (Å²) in [5.41, 5.74) is 3.16. The molecule has 4 aromatic rings. The average Bonchev–Trinajstić information content (AvgIpc) is 3.43. The molecule has 5 heterocycles. The number of morpholine rings is 1. The van der Waals surface area contributed by atoms with E-state index in [9.17, 15) is 0 Å². The number of benzene rings is 1. The van der Waals surface area contributed by atoms with Crippen LogP contribution in [0.4, 0.5) is 5.82 Å². The average molecular weight is 464 g/mol. The summed E-state index contributed by atoms with van der Waals surface area (Å²) in [4.78, 5) is 18.9. The Morgan fingerprint density at radius 1 is 1.00 bits per heavy atom. The number of aromatic nitrogens is 4. The van der Waals surface area contributed by atoms with Gasteiger partial charge in [-0.05, 0) is 19.2 Å². The fourth-order valence-electron chi connectivity index (χ4n) is 4.75. The third kappa shape index (κ3) is 3.99. The van der Waals surface area contributed by atoms with Crippen LogP contribution in [0.15, 0.2) is 30.5 Å². The lowest BCUT2D eigenvalue weighted by atomic mass is 10.1. The van der Waals surface area contributed by atoms with Crippen molar-refractivity contribution in [2.75, 3.05) is 64.4 Å². The quantitative estimate of drug-likeness (QED) is 0.461. The summed E-state index contributed by atoms with van der Waals surface area (Å²) in [6.07, 6.45) is 1.92. The lowest BCUT2D eigenvalue weighted by Crippen LogP contribution is -2.43. The number of fused-ring (bicyclic) bond motifs is 2. The van der Waals surface area contributed by atoms with E-state index >= 15 is 0 Å². The first kappa shape index (κ1) is 21.0. The molecule has 0 aliphatic carbocycles. The van der Waals surface area contributed by atoms with Crippen LogP contribution in [-0.2, 0) is 18.3 Å². The van der Waals surface area contributed by atoms with Crippen molar-refractivity contribution in [3.05, 3.63) is 35.3 Å². The molecule has 2 aliphatic rings. The van der Waals surface area contributed by atoms with Crippen molar-refractivity contribution >= 4 is 38.3 Å². The van der Waals surface area contributed by atoms with Gasteiger partial charge in [0, 0.05) is 68.7 Å². The number of thiophene rings is 1. The summed E-state index contributed by atoms with van der Waals surface area (Å²) in [6, 6.07) is 8.53. The van der Waals surface area contributed by atoms with E-state index in [1.54, 1.807) is 0 Å². The van der Waals surface area contributed by atoms with Gasteiger partial charge in [0.1, 0.15) is 0 Å². The Morgan fingerprint density at radius 3 is 2.64 bits per heavy atom. The maximum absolute atomic E-state index is 5.62. The van der Waals surface area contributed by atoms with Crippen LogP contribution >= 0.6 is 11.3 Å². The molecule has 9 heteroatoms. The maximum atomic E-state index is 5.62. The minimum absolute atomic E-state index is 0.735.